The number of piperidine rings is 2. The molecule has 10 heteroatoms. The first-order valence-corrected chi connectivity index (χ1v) is 11.9. The predicted octanol–water partition coefficient (Wildman–Crippen LogP) is 3.46. The molecular formula is C26H32F2N2O6. The van der Waals surface area contributed by atoms with Gasteiger partial charge in [0.1, 0.15) is 25.6 Å². The minimum absolute atomic E-state index is 0.102. The molecule has 0 aliphatic carbocycles. The zero-order valence-corrected chi connectivity index (χ0v) is 19.9. The van der Waals surface area contributed by atoms with E-state index in [2.05, 4.69) is 0 Å². The van der Waals surface area contributed by atoms with Crippen LogP contribution in [0.3, 0.4) is 0 Å². The van der Waals surface area contributed by atoms with Crippen LogP contribution in [0.5, 0.6) is 0 Å². The van der Waals surface area contributed by atoms with Gasteiger partial charge in [0.25, 0.3) is 0 Å². The Labute approximate surface area is 209 Å². The molecule has 2 fully saturated rings. The maximum Gasteiger partial charge on any atom is 0.410 e. The number of rotatable bonds is 4. The highest BCUT2D eigenvalue weighted by atomic mass is 19.1. The zero-order chi connectivity index (χ0) is 25.9. The molecule has 2 N–H and O–H groups in total. The topological polar surface area (TPSA) is 99.5 Å². The van der Waals surface area contributed by atoms with Gasteiger partial charge in [-0.3, -0.25) is 0 Å². The molecule has 0 radical (unpaired) electrons. The Balaban J connectivity index is 0.000000201. The molecule has 0 unspecified atom stereocenters. The fraction of sp³-hybridized carbons (Fsp3) is 0.462. The van der Waals surface area contributed by atoms with Gasteiger partial charge in [0.2, 0.25) is 0 Å². The minimum Gasteiger partial charge on any atom is -0.445 e. The molecule has 36 heavy (non-hydrogen) atoms. The van der Waals surface area contributed by atoms with Crippen molar-refractivity contribution in [2.75, 3.05) is 26.2 Å². The normalized spacial score (nSPS) is 23.8. The molecule has 2 aromatic rings. The molecule has 8 nitrogen and oxygen atoms in total. The molecule has 196 valence electrons. The SMILES string of the molecule is O=C(OCc1ccccc1)N1CC[C@@H](O)[C@@H](F)C1.O=C(OCc1ccccc1)N1CC[C@H](O)[C@H](F)C1. The molecule has 2 saturated heterocycles. The lowest BCUT2D eigenvalue weighted by Crippen LogP contribution is -2.47. The molecule has 4 rings (SSSR count). The smallest absolute Gasteiger partial charge is 0.410 e. The summed E-state index contributed by atoms with van der Waals surface area (Å²) in [5.41, 5.74) is 1.78. The van der Waals surface area contributed by atoms with Crippen LogP contribution in [0.2, 0.25) is 0 Å². The Kier molecular flexibility index (Phi) is 10.4. The number of likely N-dealkylation sites (tertiary alicyclic amines) is 2. The number of benzene rings is 2. The first-order chi connectivity index (χ1) is 17.3. The minimum atomic E-state index is -1.39. The van der Waals surface area contributed by atoms with Gasteiger partial charge in [0.15, 0.2) is 0 Å². The van der Waals surface area contributed by atoms with E-state index in [-0.39, 0.29) is 39.1 Å². The number of carbonyl (C=O) groups excluding carboxylic acids is 2. The molecular weight excluding hydrogens is 474 g/mol. The number of amides is 2. The standard InChI is InChI=1S/2C13H16FNO3/c2*14-11-8-15(7-6-12(11)16)13(17)18-9-10-4-2-1-3-5-10/h2*1-5,11-12,16H,6-9H2/t2*11-,12+/m10/s1. The van der Waals surface area contributed by atoms with Crippen molar-refractivity contribution >= 4 is 12.2 Å². The van der Waals surface area contributed by atoms with Crippen molar-refractivity contribution in [2.45, 2.75) is 50.6 Å². The van der Waals surface area contributed by atoms with Crippen LogP contribution in [-0.4, -0.2) is 82.9 Å². The highest BCUT2D eigenvalue weighted by Gasteiger charge is 2.31. The Morgan fingerprint density at radius 1 is 0.722 bits per heavy atom. The van der Waals surface area contributed by atoms with Gasteiger partial charge >= 0.3 is 12.2 Å². The van der Waals surface area contributed by atoms with E-state index in [1.807, 2.05) is 60.7 Å². The molecule has 2 aromatic carbocycles. The van der Waals surface area contributed by atoms with Crippen molar-refractivity contribution in [3.8, 4) is 0 Å². The second-order valence-corrected chi connectivity index (χ2v) is 8.72. The highest BCUT2D eigenvalue weighted by molar-refractivity contribution is 5.68. The number of carbonyl (C=O) groups is 2. The van der Waals surface area contributed by atoms with Gasteiger partial charge in [-0.15, -0.1) is 0 Å². The van der Waals surface area contributed by atoms with E-state index in [4.69, 9.17) is 9.47 Å². The number of nitrogens with zero attached hydrogens (tertiary/aromatic N) is 2. The molecule has 2 amide bonds. The second-order valence-electron chi connectivity index (χ2n) is 8.72. The summed E-state index contributed by atoms with van der Waals surface area (Å²) in [7, 11) is 0. The third-order valence-corrected chi connectivity index (χ3v) is 5.94. The molecule has 4 atom stereocenters. The number of ether oxygens (including phenoxy) is 2. The number of aliphatic hydroxyl groups excluding tert-OH is 2. The first kappa shape index (κ1) is 27.3. The van der Waals surface area contributed by atoms with Crippen LogP contribution < -0.4 is 0 Å². The number of hydrogen-bond donors (Lipinski definition) is 2. The Morgan fingerprint density at radius 2 is 1.08 bits per heavy atom. The maximum absolute atomic E-state index is 13.3. The maximum atomic E-state index is 13.3. The Morgan fingerprint density at radius 3 is 1.42 bits per heavy atom. The summed E-state index contributed by atoms with van der Waals surface area (Å²) in [5.74, 6) is 0. The van der Waals surface area contributed by atoms with E-state index < -0.39 is 36.7 Å². The summed E-state index contributed by atoms with van der Waals surface area (Å²) >= 11 is 0. The van der Waals surface area contributed by atoms with Crippen LogP contribution in [0.15, 0.2) is 60.7 Å². The van der Waals surface area contributed by atoms with E-state index in [0.29, 0.717) is 13.1 Å². The van der Waals surface area contributed by atoms with Crippen LogP contribution in [0.4, 0.5) is 18.4 Å². The zero-order valence-electron chi connectivity index (χ0n) is 19.9. The van der Waals surface area contributed by atoms with E-state index in [9.17, 15) is 28.6 Å². The van der Waals surface area contributed by atoms with E-state index in [1.165, 1.54) is 9.80 Å². The fourth-order valence-corrected chi connectivity index (χ4v) is 3.74. The fourth-order valence-electron chi connectivity index (χ4n) is 3.74. The molecule has 0 aromatic heterocycles. The Hall–Kier alpha value is -3.24. The summed E-state index contributed by atoms with van der Waals surface area (Å²) in [6, 6.07) is 18.6. The van der Waals surface area contributed by atoms with E-state index >= 15 is 0 Å². The molecule has 2 aliphatic heterocycles. The van der Waals surface area contributed by atoms with Gasteiger partial charge in [-0.05, 0) is 24.0 Å². The average molecular weight is 507 g/mol. The van der Waals surface area contributed by atoms with Crippen LogP contribution in [0.1, 0.15) is 24.0 Å². The van der Waals surface area contributed by atoms with Crippen LogP contribution in [0.25, 0.3) is 0 Å². The van der Waals surface area contributed by atoms with Crippen molar-refractivity contribution in [3.63, 3.8) is 0 Å². The third-order valence-electron chi connectivity index (χ3n) is 5.94. The summed E-state index contributed by atoms with van der Waals surface area (Å²) in [4.78, 5) is 25.9. The lowest BCUT2D eigenvalue weighted by atomic mass is 10.1. The van der Waals surface area contributed by atoms with Crippen molar-refractivity contribution in [1.29, 1.82) is 0 Å². The molecule has 0 bridgehead atoms. The highest BCUT2D eigenvalue weighted by Crippen LogP contribution is 2.16. The number of alkyl halides is 2. The van der Waals surface area contributed by atoms with Crippen LogP contribution in [0, 0.1) is 0 Å². The lowest BCUT2D eigenvalue weighted by Gasteiger charge is -2.31. The number of hydrogen-bond acceptors (Lipinski definition) is 6. The van der Waals surface area contributed by atoms with Crippen molar-refractivity contribution in [2.24, 2.45) is 0 Å². The Bertz CT molecular complexity index is 874. The van der Waals surface area contributed by atoms with Gasteiger partial charge in [0.05, 0.1) is 25.3 Å². The molecule has 0 spiro atoms. The van der Waals surface area contributed by atoms with Crippen LogP contribution >= 0.6 is 0 Å². The number of halogens is 2. The van der Waals surface area contributed by atoms with E-state index in [0.717, 1.165) is 11.1 Å². The number of aliphatic hydroxyl groups is 2. The largest absolute Gasteiger partial charge is 0.445 e. The van der Waals surface area contributed by atoms with Gasteiger partial charge in [-0.1, -0.05) is 60.7 Å². The van der Waals surface area contributed by atoms with Gasteiger partial charge in [0, 0.05) is 13.1 Å². The van der Waals surface area contributed by atoms with Gasteiger partial charge < -0.3 is 29.5 Å². The molecule has 2 aliphatic rings. The summed E-state index contributed by atoms with van der Waals surface area (Å²) in [6.45, 7) is 0.805. The third kappa shape index (κ3) is 8.46. The first-order valence-electron chi connectivity index (χ1n) is 11.9. The van der Waals surface area contributed by atoms with Crippen molar-refractivity contribution < 1.29 is 38.1 Å². The second kappa shape index (κ2) is 13.7. The van der Waals surface area contributed by atoms with Gasteiger partial charge in [-0.2, -0.15) is 0 Å². The quantitative estimate of drug-likeness (QED) is 0.659. The van der Waals surface area contributed by atoms with Crippen molar-refractivity contribution in [1.82, 2.24) is 9.80 Å². The summed E-state index contributed by atoms with van der Waals surface area (Å²) in [5, 5.41) is 18.5. The predicted molar refractivity (Wildman–Crippen MR) is 127 cm³/mol. The molecule has 2 heterocycles. The molecule has 0 saturated carbocycles. The monoisotopic (exact) mass is 506 g/mol. The summed E-state index contributed by atoms with van der Waals surface area (Å²) in [6.07, 6.45) is -5.28. The van der Waals surface area contributed by atoms with E-state index in [1.54, 1.807) is 0 Å². The summed E-state index contributed by atoms with van der Waals surface area (Å²) < 4.78 is 36.7. The van der Waals surface area contributed by atoms with Gasteiger partial charge in [-0.25, -0.2) is 18.4 Å². The van der Waals surface area contributed by atoms with Crippen molar-refractivity contribution in [3.05, 3.63) is 71.8 Å². The average Bonchev–Trinajstić information content (AvgIpc) is 2.90. The van der Waals surface area contributed by atoms with Crippen LogP contribution in [-0.2, 0) is 22.7 Å². The lowest BCUT2D eigenvalue weighted by molar-refractivity contribution is 0.00229.